The number of hydrogen-bond acceptors (Lipinski definition) is 5. The molecule has 1 aromatic heterocycles. The Morgan fingerprint density at radius 3 is 2.77 bits per heavy atom. The lowest BCUT2D eigenvalue weighted by Crippen LogP contribution is -2.42. The summed E-state index contributed by atoms with van der Waals surface area (Å²) in [6.45, 7) is 6.99. The molecule has 2 fully saturated rings. The van der Waals surface area contributed by atoms with Gasteiger partial charge in [0.05, 0.1) is 12.1 Å². The number of aryl methyl sites for hydroxylation is 1. The lowest BCUT2D eigenvalue weighted by Gasteiger charge is -2.32. The van der Waals surface area contributed by atoms with Crippen LogP contribution in [0.4, 0.5) is 0 Å². The van der Waals surface area contributed by atoms with Gasteiger partial charge in [0.25, 0.3) is 0 Å². The van der Waals surface area contributed by atoms with E-state index in [1.807, 2.05) is 24.1 Å². The minimum Gasteiger partial charge on any atom is -0.356 e. The van der Waals surface area contributed by atoms with Crippen molar-refractivity contribution in [1.29, 1.82) is 0 Å². The van der Waals surface area contributed by atoms with Crippen LogP contribution in [0.5, 0.6) is 0 Å². The molecule has 1 aromatic rings. The maximum Gasteiger partial charge on any atom is 0.225 e. The molecule has 2 aliphatic rings. The van der Waals surface area contributed by atoms with Gasteiger partial charge in [-0.1, -0.05) is 0 Å². The van der Waals surface area contributed by atoms with Crippen LogP contribution in [0.3, 0.4) is 0 Å². The van der Waals surface area contributed by atoms with Crippen LogP contribution < -0.4 is 10.6 Å². The molecule has 1 amide bonds. The van der Waals surface area contributed by atoms with E-state index in [-0.39, 0.29) is 17.7 Å². The zero-order valence-corrected chi connectivity index (χ0v) is 16.4. The van der Waals surface area contributed by atoms with Crippen molar-refractivity contribution in [3.05, 3.63) is 18.0 Å². The molecule has 146 valence electrons. The van der Waals surface area contributed by atoms with Crippen molar-refractivity contribution in [3.8, 4) is 0 Å². The minimum absolute atomic E-state index is 0.0133. The van der Waals surface area contributed by atoms with Crippen LogP contribution in [0.2, 0.25) is 0 Å². The molecule has 0 unspecified atom stereocenters. The van der Waals surface area contributed by atoms with Crippen molar-refractivity contribution >= 4 is 5.91 Å². The first-order valence-corrected chi connectivity index (χ1v) is 9.87. The highest BCUT2D eigenvalue weighted by Gasteiger charge is 2.34. The SMILES string of the molecule is CN(C)CCN1CCC(CNC(=O)[C@H]2CNC[C@@H]2c2cnn(C)c2)CC1. The molecule has 0 bridgehead atoms. The van der Waals surface area contributed by atoms with E-state index in [1.54, 1.807) is 0 Å². The van der Waals surface area contributed by atoms with Crippen molar-refractivity contribution in [3.63, 3.8) is 0 Å². The Bertz CT molecular complexity index is 578. The maximum atomic E-state index is 12.7. The van der Waals surface area contributed by atoms with Crippen LogP contribution in [0.25, 0.3) is 0 Å². The Kier molecular flexibility index (Phi) is 6.67. The lowest BCUT2D eigenvalue weighted by atomic mass is 9.90. The average Bonchev–Trinajstić information content (AvgIpc) is 3.27. The van der Waals surface area contributed by atoms with Gasteiger partial charge < -0.3 is 20.4 Å². The minimum atomic E-state index is 0.0133. The Labute approximate surface area is 157 Å². The standard InChI is InChI=1S/C19H34N6O/c1-23(2)8-9-25-6-4-15(5-7-25)10-21-19(26)18-13-20-12-17(18)16-11-22-24(3)14-16/h11,14-15,17-18,20H,4-10,12-13H2,1-3H3,(H,21,26)/t17-,18+/m1/s1. The quantitative estimate of drug-likeness (QED) is 0.721. The van der Waals surface area contributed by atoms with Crippen LogP contribution in [-0.2, 0) is 11.8 Å². The van der Waals surface area contributed by atoms with Crippen molar-refractivity contribution in [1.82, 2.24) is 30.2 Å². The van der Waals surface area contributed by atoms with Crippen molar-refractivity contribution in [2.75, 3.05) is 59.9 Å². The maximum absolute atomic E-state index is 12.7. The summed E-state index contributed by atoms with van der Waals surface area (Å²) in [6.07, 6.45) is 6.29. The predicted octanol–water partition coefficient (Wildman–Crippen LogP) is 0.113. The molecule has 26 heavy (non-hydrogen) atoms. The van der Waals surface area contributed by atoms with Gasteiger partial charge in [0.1, 0.15) is 0 Å². The van der Waals surface area contributed by atoms with E-state index in [0.29, 0.717) is 5.92 Å². The van der Waals surface area contributed by atoms with Crippen molar-refractivity contribution < 1.29 is 4.79 Å². The summed E-state index contributed by atoms with van der Waals surface area (Å²) in [6, 6.07) is 0. The van der Waals surface area contributed by atoms with Gasteiger partial charge in [-0.25, -0.2) is 0 Å². The fourth-order valence-corrected chi connectivity index (χ4v) is 4.07. The second-order valence-electron chi connectivity index (χ2n) is 8.15. The fourth-order valence-electron chi connectivity index (χ4n) is 4.07. The number of aromatic nitrogens is 2. The number of carbonyl (C=O) groups excluding carboxylic acids is 1. The van der Waals surface area contributed by atoms with E-state index >= 15 is 0 Å². The number of nitrogens with zero attached hydrogens (tertiary/aromatic N) is 4. The summed E-state index contributed by atoms with van der Waals surface area (Å²) in [5.41, 5.74) is 1.16. The van der Waals surface area contributed by atoms with Crippen molar-refractivity contribution in [2.24, 2.45) is 18.9 Å². The monoisotopic (exact) mass is 362 g/mol. The van der Waals surface area contributed by atoms with Gasteiger partial charge in [-0.3, -0.25) is 9.48 Å². The third-order valence-electron chi connectivity index (χ3n) is 5.84. The van der Waals surface area contributed by atoms with E-state index in [2.05, 4.69) is 39.6 Å². The molecular formula is C19H34N6O. The Morgan fingerprint density at radius 1 is 1.35 bits per heavy atom. The molecule has 7 heteroatoms. The molecule has 3 heterocycles. The molecule has 2 saturated heterocycles. The van der Waals surface area contributed by atoms with Gasteiger partial charge in [-0.2, -0.15) is 5.10 Å². The van der Waals surface area contributed by atoms with Gasteiger partial charge >= 0.3 is 0 Å². The number of likely N-dealkylation sites (N-methyl/N-ethyl adjacent to an activating group) is 1. The second kappa shape index (κ2) is 8.97. The third-order valence-corrected chi connectivity index (χ3v) is 5.84. The van der Waals surface area contributed by atoms with Crippen LogP contribution >= 0.6 is 0 Å². The number of rotatable bonds is 7. The van der Waals surface area contributed by atoms with E-state index in [1.165, 1.54) is 12.8 Å². The topological polar surface area (TPSA) is 65.4 Å². The molecule has 0 aromatic carbocycles. The van der Waals surface area contributed by atoms with E-state index < -0.39 is 0 Å². The number of likely N-dealkylation sites (tertiary alicyclic amines) is 1. The first-order chi connectivity index (χ1) is 12.5. The normalized spacial score (nSPS) is 25.1. The van der Waals surface area contributed by atoms with Gasteiger partial charge in [0.15, 0.2) is 0 Å². The highest BCUT2D eigenvalue weighted by atomic mass is 16.1. The molecule has 3 rings (SSSR count). The summed E-state index contributed by atoms with van der Waals surface area (Å²) < 4.78 is 1.81. The number of nitrogens with one attached hydrogen (secondary N) is 2. The van der Waals surface area contributed by atoms with E-state index in [0.717, 1.165) is 51.4 Å². The number of amides is 1. The third kappa shape index (κ3) is 5.05. The molecule has 2 atom stereocenters. The molecule has 7 nitrogen and oxygen atoms in total. The molecular weight excluding hydrogens is 328 g/mol. The first kappa shape index (κ1) is 19.3. The Hall–Kier alpha value is -1.44. The molecule has 0 spiro atoms. The highest BCUT2D eigenvalue weighted by molar-refractivity contribution is 5.80. The summed E-state index contributed by atoms with van der Waals surface area (Å²) in [5.74, 6) is 1.05. The Morgan fingerprint density at radius 2 is 2.12 bits per heavy atom. The summed E-state index contributed by atoms with van der Waals surface area (Å²) in [7, 11) is 6.17. The predicted molar refractivity (Wildman–Crippen MR) is 103 cm³/mol. The zero-order chi connectivity index (χ0) is 18.5. The summed E-state index contributed by atoms with van der Waals surface area (Å²) in [5, 5.41) is 10.9. The van der Waals surface area contributed by atoms with Gasteiger partial charge in [0.2, 0.25) is 5.91 Å². The molecule has 0 aliphatic carbocycles. The second-order valence-corrected chi connectivity index (χ2v) is 8.15. The Balaban J connectivity index is 1.41. The van der Waals surface area contributed by atoms with Crippen molar-refractivity contribution in [2.45, 2.75) is 18.8 Å². The van der Waals surface area contributed by atoms with Crippen LogP contribution in [0.1, 0.15) is 24.3 Å². The molecule has 0 saturated carbocycles. The van der Waals surface area contributed by atoms with Crippen LogP contribution in [0.15, 0.2) is 12.4 Å². The molecule has 2 aliphatic heterocycles. The highest BCUT2D eigenvalue weighted by Crippen LogP contribution is 2.28. The van der Waals surface area contributed by atoms with Gasteiger partial charge in [-0.15, -0.1) is 0 Å². The fraction of sp³-hybridized carbons (Fsp3) is 0.789. The van der Waals surface area contributed by atoms with E-state index in [4.69, 9.17) is 0 Å². The van der Waals surface area contributed by atoms with Crippen LogP contribution in [-0.4, -0.2) is 85.4 Å². The van der Waals surface area contributed by atoms with E-state index in [9.17, 15) is 4.79 Å². The smallest absolute Gasteiger partial charge is 0.225 e. The van der Waals surface area contributed by atoms with Crippen LogP contribution in [0, 0.1) is 11.8 Å². The first-order valence-electron chi connectivity index (χ1n) is 9.87. The largest absolute Gasteiger partial charge is 0.356 e. The molecule has 0 radical (unpaired) electrons. The summed E-state index contributed by atoms with van der Waals surface area (Å²) in [4.78, 5) is 17.5. The average molecular weight is 363 g/mol. The zero-order valence-electron chi connectivity index (χ0n) is 16.4. The number of carbonyl (C=O) groups is 1. The summed E-state index contributed by atoms with van der Waals surface area (Å²) >= 11 is 0. The number of hydrogen-bond donors (Lipinski definition) is 2. The van der Waals surface area contributed by atoms with Gasteiger partial charge in [-0.05, 0) is 51.5 Å². The lowest BCUT2D eigenvalue weighted by molar-refractivity contribution is -0.125. The molecule has 2 N–H and O–H groups in total. The number of piperidine rings is 1. The van der Waals surface area contributed by atoms with Gasteiger partial charge in [0, 0.05) is 51.9 Å².